The highest BCUT2D eigenvalue weighted by atomic mass is 19.1. The molecule has 1 heterocycles. The van der Waals surface area contributed by atoms with Gasteiger partial charge in [0.2, 0.25) is 0 Å². The molecule has 11 heteroatoms. The summed E-state index contributed by atoms with van der Waals surface area (Å²) in [6, 6.07) is 9.38. The highest BCUT2D eigenvalue weighted by Crippen LogP contribution is 2.31. The van der Waals surface area contributed by atoms with Crippen LogP contribution in [0.25, 0.3) is 0 Å². The van der Waals surface area contributed by atoms with Gasteiger partial charge in [0.25, 0.3) is 5.91 Å². The molecule has 0 unspecified atom stereocenters. The third-order valence-electron chi connectivity index (χ3n) is 7.76. The maximum atomic E-state index is 13.7. The van der Waals surface area contributed by atoms with Crippen LogP contribution in [0.15, 0.2) is 42.5 Å². The third-order valence-corrected chi connectivity index (χ3v) is 7.76. The molecule has 5 amide bonds. The molecule has 1 aliphatic carbocycles. The van der Waals surface area contributed by atoms with E-state index >= 15 is 0 Å². The number of aliphatic hydroxyl groups excluding tert-OH is 1. The Hall–Kier alpha value is -3.86. The molecule has 1 aliphatic heterocycles. The van der Waals surface area contributed by atoms with Crippen LogP contribution in [0.5, 0.6) is 5.75 Å². The van der Waals surface area contributed by atoms with Gasteiger partial charge >= 0.3 is 12.1 Å². The lowest BCUT2D eigenvalue weighted by molar-refractivity contribution is 0.0371. The zero-order valence-corrected chi connectivity index (χ0v) is 23.9. The first-order chi connectivity index (χ1) is 19.6. The molecule has 1 fully saturated rings. The van der Waals surface area contributed by atoms with Gasteiger partial charge in [0.05, 0.1) is 24.8 Å². The molecule has 0 aromatic heterocycles. The Kier molecular flexibility index (Phi) is 10.0. The Bertz CT molecular complexity index is 1220. The topological polar surface area (TPSA) is 123 Å². The summed E-state index contributed by atoms with van der Waals surface area (Å²) in [5.74, 6) is -0.578. The molecule has 0 saturated heterocycles. The summed E-state index contributed by atoms with van der Waals surface area (Å²) in [5.41, 5.74) is 1.17. The molecule has 222 valence electrons. The van der Waals surface area contributed by atoms with E-state index in [4.69, 9.17) is 4.74 Å². The molecule has 0 bridgehead atoms. The summed E-state index contributed by atoms with van der Waals surface area (Å²) < 4.78 is 19.6. The Morgan fingerprint density at radius 1 is 1.10 bits per heavy atom. The summed E-state index contributed by atoms with van der Waals surface area (Å²) in [6.07, 6.45) is 4.78. The lowest BCUT2D eigenvalue weighted by Crippen LogP contribution is -2.50. The smallest absolute Gasteiger partial charge is 0.321 e. The zero-order chi connectivity index (χ0) is 29.5. The minimum absolute atomic E-state index is 0.137. The molecule has 1 saturated carbocycles. The summed E-state index contributed by atoms with van der Waals surface area (Å²) >= 11 is 0. The summed E-state index contributed by atoms with van der Waals surface area (Å²) in [4.78, 5) is 42.2. The third kappa shape index (κ3) is 7.87. The SMILES string of the molecule is C[C@H]1CN([C@@H](C)CO)C(=O)c2cc(NC(=O)NC3CCCCC3)ccc2O[C@@H]1CN(C)C(=O)Nc1ccc(F)cc1. The molecule has 2 aromatic rings. The first-order valence-electron chi connectivity index (χ1n) is 14.2. The van der Waals surface area contributed by atoms with Crippen LogP contribution in [0.1, 0.15) is 56.3 Å². The maximum Gasteiger partial charge on any atom is 0.321 e. The van der Waals surface area contributed by atoms with Crippen molar-refractivity contribution < 1.29 is 28.6 Å². The van der Waals surface area contributed by atoms with Gasteiger partial charge in [0.1, 0.15) is 17.7 Å². The number of likely N-dealkylation sites (N-methyl/N-ethyl adjacent to an activating group) is 1. The molecule has 4 rings (SSSR count). The molecule has 0 spiro atoms. The summed E-state index contributed by atoms with van der Waals surface area (Å²) in [6.45, 7) is 3.97. The van der Waals surface area contributed by atoms with E-state index in [1.54, 1.807) is 37.1 Å². The van der Waals surface area contributed by atoms with E-state index < -0.39 is 24.0 Å². The fourth-order valence-corrected chi connectivity index (χ4v) is 5.22. The number of halogens is 1. The lowest BCUT2D eigenvalue weighted by atomic mass is 9.96. The fourth-order valence-electron chi connectivity index (χ4n) is 5.22. The lowest BCUT2D eigenvalue weighted by Gasteiger charge is -2.38. The number of carbonyl (C=O) groups is 3. The van der Waals surface area contributed by atoms with Crippen molar-refractivity contribution in [1.82, 2.24) is 15.1 Å². The van der Waals surface area contributed by atoms with Crippen LogP contribution in [0.3, 0.4) is 0 Å². The second kappa shape index (κ2) is 13.7. The number of nitrogens with one attached hydrogen (secondary N) is 3. The Morgan fingerprint density at radius 3 is 2.46 bits per heavy atom. The predicted molar refractivity (Wildman–Crippen MR) is 155 cm³/mol. The van der Waals surface area contributed by atoms with Crippen LogP contribution in [0, 0.1) is 11.7 Å². The van der Waals surface area contributed by atoms with Crippen molar-refractivity contribution in [1.29, 1.82) is 0 Å². The quantitative estimate of drug-likeness (QED) is 0.386. The van der Waals surface area contributed by atoms with Gasteiger partial charge in [0, 0.05) is 36.9 Å². The standard InChI is InChI=1S/C30H40FN5O5/c1-19-16-36(20(2)18-37)28(38)25-15-24(33-29(39)32-22-7-5-4-6-8-22)13-14-26(25)41-27(19)17-35(3)30(40)34-23-11-9-21(31)10-12-23/h9-15,19-20,22,27,37H,4-8,16-18H2,1-3H3,(H,34,40)(H2,32,33,39)/t19-,20-,27+/m0/s1. The van der Waals surface area contributed by atoms with Gasteiger partial charge in [-0.1, -0.05) is 26.2 Å². The number of hydrogen-bond donors (Lipinski definition) is 4. The normalized spacial score (nSPS) is 20.1. The number of hydrogen-bond acceptors (Lipinski definition) is 5. The fraction of sp³-hybridized carbons (Fsp3) is 0.500. The number of rotatable bonds is 7. The van der Waals surface area contributed by atoms with E-state index in [0.717, 1.165) is 25.7 Å². The van der Waals surface area contributed by atoms with E-state index in [0.29, 0.717) is 17.1 Å². The average Bonchev–Trinajstić information content (AvgIpc) is 2.96. The van der Waals surface area contributed by atoms with Crippen LogP contribution in [-0.4, -0.2) is 77.8 Å². The van der Waals surface area contributed by atoms with Crippen LogP contribution >= 0.6 is 0 Å². The highest BCUT2D eigenvalue weighted by molar-refractivity contribution is 5.99. The Balaban J connectivity index is 1.52. The zero-order valence-electron chi connectivity index (χ0n) is 23.9. The molecule has 4 N–H and O–H groups in total. The van der Waals surface area contributed by atoms with Crippen LogP contribution < -0.4 is 20.7 Å². The van der Waals surface area contributed by atoms with E-state index in [1.807, 2.05) is 6.92 Å². The molecule has 2 aliphatic rings. The summed E-state index contributed by atoms with van der Waals surface area (Å²) in [5, 5.41) is 18.5. The van der Waals surface area contributed by atoms with Crippen molar-refractivity contribution in [3.05, 3.63) is 53.8 Å². The summed E-state index contributed by atoms with van der Waals surface area (Å²) in [7, 11) is 1.63. The molecular weight excluding hydrogens is 529 g/mol. The first-order valence-corrected chi connectivity index (χ1v) is 14.2. The highest BCUT2D eigenvalue weighted by Gasteiger charge is 2.34. The van der Waals surface area contributed by atoms with Gasteiger partial charge in [-0.25, -0.2) is 14.0 Å². The van der Waals surface area contributed by atoms with Crippen LogP contribution in [0.2, 0.25) is 0 Å². The predicted octanol–water partition coefficient (Wildman–Crippen LogP) is 4.66. The number of amides is 5. The van der Waals surface area contributed by atoms with E-state index in [9.17, 15) is 23.9 Å². The van der Waals surface area contributed by atoms with Gasteiger partial charge in [-0.2, -0.15) is 0 Å². The van der Waals surface area contributed by atoms with E-state index in [-0.39, 0.29) is 49.2 Å². The number of aliphatic hydroxyl groups is 1. The molecule has 0 radical (unpaired) electrons. The molecule has 2 aromatic carbocycles. The van der Waals surface area contributed by atoms with Gasteiger partial charge in [-0.05, 0) is 62.2 Å². The van der Waals surface area contributed by atoms with Gasteiger partial charge in [-0.3, -0.25) is 4.79 Å². The minimum atomic E-state index is -0.493. The first kappa shape index (κ1) is 30.1. The monoisotopic (exact) mass is 569 g/mol. The number of carbonyl (C=O) groups excluding carboxylic acids is 3. The molecule has 3 atom stereocenters. The number of anilines is 2. The molecular formula is C30H40FN5O5. The van der Waals surface area contributed by atoms with E-state index in [2.05, 4.69) is 16.0 Å². The van der Waals surface area contributed by atoms with Crippen molar-refractivity contribution in [3.8, 4) is 5.75 Å². The van der Waals surface area contributed by atoms with Crippen LogP contribution in [0.4, 0.5) is 25.4 Å². The molecule has 10 nitrogen and oxygen atoms in total. The van der Waals surface area contributed by atoms with Gasteiger partial charge < -0.3 is 35.6 Å². The maximum absolute atomic E-state index is 13.7. The van der Waals surface area contributed by atoms with E-state index in [1.165, 1.54) is 35.6 Å². The van der Waals surface area contributed by atoms with Crippen molar-refractivity contribution in [2.24, 2.45) is 5.92 Å². The van der Waals surface area contributed by atoms with Crippen molar-refractivity contribution >= 4 is 29.3 Å². The Morgan fingerprint density at radius 2 is 1.78 bits per heavy atom. The van der Waals surface area contributed by atoms with Gasteiger partial charge in [-0.15, -0.1) is 0 Å². The number of nitrogens with zero attached hydrogens (tertiary/aromatic N) is 2. The van der Waals surface area contributed by atoms with Crippen molar-refractivity contribution in [3.63, 3.8) is 0 Å². The largest absolute Gasteiger partial charge is 0.487 e. The van der Waals surface area contributed by atoms with Crippen molar-refractivity contribution in [2.45, 2.75) is 64.1 Å². The Labute approximate surface area is 240 Å². The average molecular weight is 570 g/mol. The second-order valence-corrected chi connectivity index (χ2v) is 11.1. The van der Waals surface area contributed by atoms with Crippen LogP contribution in [-0.2, 0) is 0 Å². The number of benzene rings is 2. The number of urea groups is 2. The van der Waals surface area contributed by atoms with Gasteiger partial charge in [0.15, 0.2) is 0 Å². The second-order valence-electron chi connectivity index (χ2n) is 11.1. The number of fused-ring (bicyclic) bond motifs is 1. The molecule has 41 heavy (non-hydrogen) atoms. The van der Waals surface area contributed by atoms with Crippen molar-refractivity contribution in [2.75, 3.05) is 37.4 Å². The number of ether oxygens (including phenoxy) is 1. The minimum Gasteiger partial charge on any atom is -0.487 e.